The van der Waals surface area contributed by atoms with Gasteiger partial charge in [0, 0.05) is 17.9 Å². The third-order valence-electron chi connectivity index (χ3n) is 4.86. The molecule has 8 heteroatoms. The van der Waals surface area contributed by atoms with Gasteiger partial charge in [0.25, 0.3) is 5.91 Å². The molecule has 4 nitrogen and oxygen atoms in total. The number of hydrogen-bond acceptors (Lipinski definition) is 3. The number of hydrogen-bond donors (Lipinski definition) is 2. The number of para-hydroxylation sites is 1. The summed E-state index contributed by atoms with van der Waals surface area (Å²) in [7, 11) is 0. The van der Waals surface area contributed by atoms with Crippen LogP contribution in [0.25, 0.3) is 0 Å². The highest BCUT2D eigenvalue weighted by atomic mass is 32.1. The number of rotatable bonds is 3. The SMILES string of the molecule is Cc1c(C(=O)Nc2ccccc2F)sc2c1C(c1c(F)cccc1F)CC(=O)N2. The molecule has 3 aromatic rings. The van der Waals surface area contributed by atoms with Crippen LogP contribution >= 0.6 is 11.3 Å². The zero-order chi connectivity index (χ0) is 20.7. The fraction of sp³-hybridized carbons (Fsp3) is 0.143. The quantitative estimate of drug-likeness (QED) is 0.617. The van der Waals surface area contributed by atoms with E-state index in [9.17, 15) is 22.8 Å². The van der Waals surface area contributed by atoms with Crippen molar-refractivity contribution in [1.29, 1.82) is 0 Å². The van der Waals surface area contributed by atoms with Crippen LogP contribution in [0.15, 0.2) is 42.5 Å². The number of halogens is 3. The Bertz CT molecular complexity index is 1120. The minimum absolute atomic E-state index is 0.0176. The van der Waals surface area contributed by atoms with E-state index in [-0.39, 0.29) is 22.5 Å². The number of carbonyl (C=O) groups is 2. The Labute approximate surface area is 168 Å². The summed E-state index contributed by atoms with van der Waals surface area (Å²) in [6, 6.07) is 9.27. The first-order chi connectivity index (χ1) is 13.9. The molecule has 0 aliphatic carbocycles. The Morgan fingerprint density at radius 3 is 2.38 bits per heavy atom. The molecular formula is C21H15F3N2O2S. The van der Waals surface area contributed by atoms with Crippen molar-refractivity contribution in [3.63, 3.8) is 0 Å². The zero-order valence-corrected chi connectivity index (χ0v) is 16.0. The Kier molecular flexibility index (Phi) is 4.87. The van der Waals surface area contributed by atoms with Gasteiger partial charge in [-0.25, -0.2) is 13.2 Å². The lowest BCUT2D eigenvalue weighted by Crippen LogP contribution is -2.24. The molecule has 2 aromatic carbocycles. The van der Waals surface area contributed by atoms with Gasteiger partial charge in [-0.15, -0.1) is 11.3 Å². The second kappa shape index (κ2) is 7.36. The molecule has 0 radical (unpaired) electrons. The van der Waals surface area contributed by atoms with E-state index in [2.05, 4.69) is 10.6 Å². The summed E-state index contributed by atoms with van der Waals surface area (Å²) in [6.07, 6.45) is -0.142. The first kappa shape index (κ1) is 19.2. The first-order valence-corrected chi connectivity index (χ1v) is 9.61. The Balaban J connectivity index is 1.77. The second-order valence-corrected chi connectivity index (χ2v) is 7.69. The van der Waals surface area contributed by atoms with E-state index in [0.717, 1.165) is 23.5 Å². The van der Waals surface area contributed by atoms with Gasteiger partial charge in [0.05, 0.1) is 15.6 Å². The second-order valence-electron chi connectivity index (χ2n) is 6.67. The highest BCUT2D eigenvalue weighted by Gasteiger charge is 2.35. The summed E-state index contributed by atoms with van der Waals surface area (Å²) in [6.45, 7) is 1.65. The maximum atomic E-state index is 14.4. The smallest absolute Gasteiger partial charge is 0.266 e. The van der Waals surface area contributed by atoms with Gasteiger partial charge in [-0.05, 0) is 42.3 Å². The minimum atomic E-state index is -0.855. The van der Waals surface area contributed by atoms with Gasteiger partial charge in [-0.3, -0.25) is 9.59 Å². The van der Waals surface area contributed by atoms with Crippen molar-refractivity contribution in [3.05, 3.63) is 81.5 Å². The molecule has 29 heavy (non-hydrogen) atoms. The Morgan fingerprint density at radius 2 is 1.69 bits per heavy atom. The lowest BCUT2D eigenvalue weighted by Gasteiger charge is -2.24. The molecule has 4 rings (SSSR count). The fourth-order valence-corrected chi connectivity index (χ4v) is 4.73. The van der Waals surface area contributed by atoms with Gasteiger partial charge in [-0.2, -0.15) is 0 Å². The van der Waals surface area contributed by atoms with Crippen LogP contribution in [0, 0.1) is 24.4 Å². The number of nitrogens with one attached hydrogen (secondary N) is 2. The maximum absolute atomic E-state index is 14.4. The van der Waals surface area contributed by atoms with E-state index < -0.39 is 35.2 Å². The monoisotopic (exact) mass is 416 g/mol. The third kappa shape index (κ3) is 3.40. The van der Waals surface area contributed by atoms with Crippen molar-refractivity contribution >= 4 is 33.8 Å². The number of fused-ring (bicyclic) bond motifs is 1. The van der Waals surface area contributed by atoms with Crippen molar-refractivity contribution in [2.75, 3.05) is 10.6 Å². The van der Waals surface area contributed by atoms with Crippen LogP contribution in [-0.2, 0) is 4.79 Å². The van der Waals surface area contributed by atoms with Gasteiger partial charge in [0.2, 0.25) is 5.91 Å². The molecule has 1 aromatic heterocycles. The summed E-state index contributed by atoms with van der Waals surface area (Å²) in [5.41, 5.74) is 0.804. The summed E-state index contributed by atoms with van der Waals surface area (Å²) >= 11 is 0.998. The highest BCUT2D eigenvalue weighted by Crippen LogP contribution is 2.46. The van der Waals surface area contributed by atoms with Gasteiger partial charge >= 0.3 is 0 Å². The molecule has 2 N–H and O–H groups in total. The van der Waals surface area contributed by atoms with Crippen LogP contribution in [0.1, 0.15) is 38.7 Å². The number of amides is 2. The van der Waals surface area contributed by atoms with Crippen LogP contribution in [0.3, 0.4) is 0 Å². The van der Waals surface area contributed by atoms with Crippen molar-refractivity contribution in [3.8, 4) is 0 Å². The average molecular weight is 416 g/mol. The number of thiophene rings is 1. The number of benzene rings is 2. The van der Waals surface area contributed by atoms with Gasteiger partial charge in [0.15, 0.2) is 0 Å². The zero-order valence-electron chi connectivity index (χ0n) is 15.2. The summed E-state index contributed by atoms with van der Waals surface area (Å²) in [4.78, 5) is 25.1. The molecule has 0 fully saturated rings. The van der Waals surface area contributed by atoms with Gasteiger partial charge in [-0.1, -0.05) is 18.2 Å². The van der Waals surface area contributed by atoms with E-state index in [1.807, 2.05) is 0 Å². The van der Waals surface area contributed by atoms with Crippen molar-refractivity contribution < 1.29 is 22.8 Å². The van der Waals surface area contributed by atoms with E-state index in [0.29, 0.717) is 16.1 Å². The summed E-state index contributed by atoms with van der Waals surface area (Å²) < 4.78 is 42.7. The molecule has 0 bridgehead atoms. The van der Waals surface area contributed by atoms with Crippen molar-refractivity contribution in [2.45, 2.75) is 19.3 Å². The minimum Gasteiger partial charge on any atom is -0.319 e. The standard InChI is InChI=1S/C21H15F3N2O2S/c1-10-17-11(18-13(23)6-4-7-14(18)24)9-16(27)26-21(17)29-19(10)20(28)25-15-8-3-2-5-12(15)22/h2-8,11H,9H2,1H3,(H,25,28)(H,26,27). The largest absolute Gasteiger partial charge is 0.319 e. The van der Waals surface area contributed by atoms with Gasteiger partial charge < -0.3 is 10.6 Å². The van der Waals surface area contributed by atoms with E-state index in [4.69, 9.17) is 0 Å². The highest BCUT2D eigenvalue weighted by molar-refractivity contribution is 7.18. The maximum Gasteiger partial charge on any atom is 0.266 e. The molecular weight excluding hydrogens is 401 g/mol. The van der Waals surface area contributed by atoms with Crippen LogP contribution in [0.4, 0.5) is 23.9 Å². The topological polar surface area (TPSA) is 58.2 Å². The first-order valence-electron chi connectivity index (χ1n) is 8.79. The van der Waals surface area contributed by atoms with Gasteiger partial charge in [0.1, 0.15) is 17.5 Å². The third-order valence-corrected chi connectivity index (χ3v) is 6.08. The predicted molar refractivity (Wildman–Crippen MR) is 105 cm³/mol. The number of anilines is 2. The van der Waals surface area contributed by atoms with Crippen molar-refractivity contribution in [2.24, 2.45) is 0 Å². The molecule has 148 valence electrons. The molecule has 1 aliphatic heterocycles. The lowest BCUT2D eigenvalue weighted by atomic mass is 9.84. The van der Waals surface area contributed by atoms with Crippen LogP contribution in [0.2, 0.25) is 0 Å². The van der Waals surface area contributed by atoms with Crippen LogP contribution in [0.5, 0.6) is 0 Å². The van der Waals surface area contributed by atoms with Crippen LogP contribution in [-0.4, -0.2) is 11.8 Å². The fourth-order valence-electron chi connectivity index (χ4n) is 3.55. The van der Waals surface area contributed by atoms with Crippen molar-refractivity contribution in [1.82, 2.24) is 0 Å². The predicted octanol–water partition coefficient (Wildman–Crippen LogP) is 5.20. The molecule has 0 saturated carbocycles. The van der Waals surface area contributed by atoms with E-state index in [1.165, 1.54) is 24.3 Å². The molecule has 1 atom stereocenters. The molecule has 0 saturated heterocycles. The molecule has 2 amide bonds. The summed E-state index contributed by atoms with van der Waals surface area (Å²) in [5.74, 6) is -3.90. The number of carbonyl (C=O) groups excluding carboxylic acids is 2. The average Bonchev–Trinajstić information content (AvgIpc) is 3.00. The van der Waals surface area contributed by atoms with E-state index in [1.54, 1.807) is 13.0 Å². The molecule has 1 unspecified atom stereocenters. The summed E-state index contributed by atoms with van der Waals surface area (Å²) in [5, 5.41) is 5.54. The van der Waals surface area contributed by atoms with Crippen LogP contribution < -0.4 is 10.6 Å². The molecule has 0 spiro atoms. The Hall–Kier alpha value is -3.13. The Morgan fingerprint density at radius 1 is 1.03 bits per heavy atom. The van der Waals surface area contributed by atoms with E-state index >= 15 is 0 Å². The normalized spacial score (nSPS) is 15.6. The molecule has 1 aliphatic rings. The molecule has 2 heterocycles. The lowest BCUT2D eigenvalue weighted by molar-refractivity contribution is -0.116.